The minimum atomic E-state index is -0.499. The largest absolute Gasteiger partial charge is 0.497 e. The van der Waals surface area contributed by atoms with Crippen LogP contribution in [0.1, 0.15) is 43.7 Å². The topological polar surface area (TPSA) is 91.2 Å². The number of methoxy groups -OCH3 is 1. The van der Waals surface area contributed by atoms with Crippen molar-refractivity contribution in [2.75, 3.05) is 18.2 Å². The predicted molar refractivity (Wildman–Crippen MR) is 144 cm³/mol. The molecular weight excluding hydrogens is 494 g/mol. The summed E-state index contributed by atoms with van der Waals surface area (Å²) >= 11 is 7.44. The molecule has 0 saturated carbocycles. The molecule has 0 unspecified atom stereocenters. The van der Waals surface area contributed by atoms with Gasteiger partial charge in [-0.15, -0.1) is 0 Å². The van der Waals surface area contributed by atoms with E-state index in [0.29, 0.717) is 45.5 Å². The molecule has 8 heteroatoms. The maximum absolute atomic E-state index is 13.3. The number of hydrogen-bond donors (Lipinski definition) is 2. The number of rotatable bonds is 6. The third-order valence-electron chi connectivity index (χ3n) is 6.47. The Labute approximate surface area is 220 Å². The van der Waals surface area contributed by atoms with Crippen molar-refractivity contribution < 1.29 is 14.3 Å². The van der Waals surface area contributed by atoms with E-state index in [9.17, 15) is 14.9 Å². The zero-order chi connectivity index (χ0) is 26.0. The second-order valence-electron chi connectivity index (χ2n) is 9.77. The summed E-state index contributed by atoms with van der Waals surface area (Å²) in [7, 11) is 1.60. The first kappa shape index (κ1) is 25.9. The van der Waals surface area contributed by atoms with Crippen molar-refractivity contribution in [3.05, 3.63) is 80.5 Å². The molecule has 4 rings (SSSR count). The first-order valence-electron chi connectivity index (χ1n) is 11.6. The number of allylic oxidation sites excluding steroid dienone is 3. The summed E-state index contributed by atoms with van der Waals surface area (Å²) < 4.78 is 5.29. The van der Waals surface area contributed by atoms with Gasteiger partial charge in [-0.2, -0.15) is 5.26 Å². The summed E-state index contributed by atoms with van der Waals surface area (Å²) in [5, 5.41) is 17.6. The highest BCUT2D eigenvalue weighted by Crippen LogP contribution is 2.48. The van der Waals surface area contributed by atoms with Crippen molar-refractivity contribution in [3.8, 4) is 11.8 Å². The van der Waals surface area contributed by atoms with Gasteiger partial charge in [0.1, 0.15) is 5.75 Å². The molecule has 0 fully saturated rings. The molecule has 2 aromatic carbocycles. The number of thioether (sulfide) groups is 1. The second-order valence-corrected chi connectivity index (χ2v) is 11.2. The van der Waals surface area contributed by atoms with Gasteiger partial charge in [0.15, 0.2) is 5.78 Å². The van der Waals surface area contributed by atoms with Crippen molar-refractivity contribution in [3.63, 3.8) is 0 Å². The standard InChI is InChI=1S/C28H28ClN3O3S/c1-16-20(29)6-5-7-21(16)31-24(34)15-36-27-19(14-30)25(17-8-10-18(35-4)11-9-17)26-22(32-27)12-28(2,3)13-23(26)33/h5-11,25,32H,12-13,15H2,1-4H3,(H,31,34)/t25-/m1/s1. The average molecular weight is 522 g/mol. The Balaban J connectivity index is 1.65. The molecule has 1 atom stereocenters. The van der Waals surface area contributed by atoms with Crippen LogP contribution in [-0.4, -0.2) is 24.6 Å². The highest BCUT2D eigenvalue weighted by Gasteiger charge is 2.42. The lowest BCUT2D eigenvalue weighted by molar-refractivity contribution is -0.118. The van der Waals surface area contributed by atoms with E-state index in [4.69, 9.17) is 16.3 Å². The van der Waals surface area contributed by atoms with E-state index in [1.165, 1.54) is 11.8 Å². The highest BCUT2D eigenvalue weighted by molar-refractivity contribution is 8.03. The zero-order valence-corrected chi connectivity index (χ0v) is 22.3. The van der Waals surface area contributed by atoms with Gasteiger partial charge in [0.05, 0.1) is 35.5 Å². The van der Waals surface area contributed by atoms with E-state index in [2.05, 4.69) is 30.6 Å². The quantitative estimate of drug-likeness (QED) is 0.477. The van der Waals surface area contributed by atoms with Crippen LogP contribution in [0.15, 0.2) is 64.3 Å². The molecule has 0 saturated heterocycles. The number of halogens is 1. The number of Topliss-reactive ketones (excluding diaryl/α,β-unsaturated/α-hetero) is 1. The van der Waals surface area contributed by atoms with Gasteiger partial charge in [0, 0.05) is 28.4 Å². The number of dihydropyridines is 1. The van der Waals surface area contributed by atoms with Crippen LogP contribution < -0.4 is 15.4 Å². The SMILES string of the molecule is COc1ccc([C@@H]2C(C#N)=C(SCC(=O)Nc3cccc(Cl)c3C)NC3=C2C(=O)CC(C)(C)C3)cc1. The number of amides is 1. The van der Waals surface area contributed by atoms with Gasteiger partial charge < -0.3 is 15.4 Å². The number of anilines is 1. The predicted octanol–water partition coefficient (Wildman–Crippen LogP) is 6.09. The number of benzene rings is 2. The molecule has 0 bridgehead atoms. The van der Waals surface area contributed by atoms with E-state index in [0.717, 1.165) is 16.8 Å². The highest BCUT2D eigenvalue weighted by atomic mass is 35.5. The van der Waals surface area contributed by atoms with E-state index in [-0.39, 0.29) is 22.9 Å². The van der Waals surface area contributed by atoms with Crippen LogP contribution in [0.3, 0.4) is 0 Å². The molecule has 1 heterocycles. The minimum absolute atomic E-state index is 0.0422. The van der Waals surface area contributed by atoms with Gasteiger partial charge in [0.25, 0.3) is 0 Å². The summed E-state index contributed by atoms with van der Waals surface area (Å²) in [5.74, 6) is 0.122. The lowest BCUT2D eigenvalue weighted by Crippen LogP contribution is -2.37. The van der Waals surface area contributed by atoms with Gasteiger partial charge in [-0.05, 0) is 54.2 Å². The molecular formula is C28H28ClN3O3S. The van der Waals surface area contributed by atoms with Crippen molar-refractivity contribution >= 4 is 40.7 Å². The maximum Gasteiger partial charge on any atom is 0.234 e. The Kier molecular flexibility index (Phi) is 7.49. The summed E-state index contributed by atoms with van der Waals surface area (Å²) in [4.78, 5) is 26.1. The number of carbonyl (C=O) groups excluding carboxylic acids is 2. The number of carbonyl (C=O) groups is 2. The average Bonchev–Trinajstić information content (AvgIpc) is 2.84. The Morgan fingerprint density at radius 1 is 1.25 bits per heavy atom. The molecule has 6 nitrogen and oxygen atoms in total. The smallest absolute Gasteiger partial charge is 0.234 e. The molecule has 0 radical (unpaired) electrons. The third kappa shape index (κ3) is 5.30. The fourth-order valence-electron chi connectivity index (χ4n) is 4.69. The summed E-state index contributed by atoms with van der Waals surface area (Å²) in [6.45, 7) is 5.98. The molecule has 2 aromatic rings. The fraction of sp³-hybridized carbons (Fsp3) is 0.321. The lowest BCUT2D eigenvalue weighted by atomic mass is 9.69. The van der Waals surface area contributed by atoms with Crippen LogP contribution in [0.2, 0.25) is 5.02 Å². The summed E-state index contributed by atoms with van der Waals surface area (Å²) in [5.41, 5.74) is 3.98. The number of nitriles is 1. The lowest BCUT2D eigenvalue weighted by Gasteiger charge is -2.39. The number of ketones is 1. The van der Waals surface area contributed by atoms with E-state index in [1.807, 2.05) is 31.2 Å². The molecule has 2 aliphatic rings. The third-order valence-corrected chi connectivity index (χ3v) is 7.89. The normalized spacial score (nSPS) is 18.8. The van der Waals surface area contributed by atoms with E-state index < -0.39 is 5.92 Å². The molecule has 0 spiro atoms. The van der Waals surface area contributed by atoms with E-state index >= 15 is 0 Å². The maximum atomic E-state index is 13.3. The van der Waals surface area contributed by atoms with Gasteiger partial charge >= 0.3 is 0 Å². The molecule has 36 heavy (non-hydrogen) atoms. The van der Waals surface area contributed by atoms with Crippen LogP contribution in [0.25, 0.3) is 0 Å². The number of ether oxygens (including phenoxy) is 1. The van der Waals surface area contributed by atoms with Gasteiger partial charge in [-0.3, -0.25) is 9.59 Å². The second kappa shape index (κ2) is 10.4. The Bertz CT molecular complexity index is 1320. The zero-order valence-electron chi connectivity index (χ0n) is 20.7. The molecule has 186 valence electrons. The van der Waals surface area contributed by atoms with E-state index in [1.54, 1.807) is 25.3 Å². The molecule has 1 amide bonds. The molecule has 0 aromatic heterocycles. The summed E-state index contributed by atoms with van der Waals surface area (Å²) in [6.07, 6.45) is 1.10. The Hall–Kier alpha value is -3.21. The fourth-order valence-corrected chi connectivity index (χ4v) is 5.72. The van der Waals surface area contributed by atoms with Crippen molar-refractivity contribution in [1.29, 1.82) is 5.26 Å². The van der Waals surface area contributed by atoms with Crippen LogP contribution in [0.5, 0.6) is 5.75 Å². The number of nitrogens with zero attached hydrogens (tertiary/aromatic N) is 1. The minimum Gasteiger partial charge on any atom is -0.497 e. The van der Waals surface area contributed by atoms with Gasteiger partial charge in [-0.25, -0.2) is 0 Å². The number of hydrogen-bond acceptors (Lipinski definition) is 6. The first-order valence-corrected chi connectivity index (χ1v) is 13.0. The molecule has 1 aliphatic heterocycles. The van der Waals surface area contributed by atoms with Crippen LogP contribution in [0, 0.1) is 23.7 Å². The summed E-state index contributed by atoms with van der Waals surface area (Å²) in [6, 6.07) is 15.1. The monoisotopic (exact) mass is 521 g/mol. The van der Waals surface area contributed by atoms with Crippen molar-refractivity contribution in [2.45, 2.75) is 39.5 Å². The Morgan fingerprint density at radius 3 is 2.64 bits per heavy atom. The van der Waals surface area contributed by atoms with Gasteiger partial charge in [0.2, 0.25) is 5.91 Å². The molecule has 1 aliphatic carbocycles. The molecule has 2 N–H and O–H groups in total. The van der Waals surface area contributed by atoms with Crippen molar-refractivity contribution in [2.24, 2.45) is 5.41 Å². The first-order chi connectivity index (χ1) is 17.1. The van der Waals surface area contributed by atoms with Crippen molar-refractivity contribution in [1.82, 2.24) is 5.32 Å². The Morgan fingerprint density at radius 2 is 1.97 bits per heavy atom. The van der Waals surface area contributed by atoms with Gasteiger partial charge in [-0.1, -0.05) is 55.4 Å². The van der Waals surface area contributed by atoms with Crippen LogP contribution in [-0.2, 0) is 9.59 Å². The van der Waals surface area contributed by atoms with Crippen LogP contribution in [0.4, 0.5) is 5.69 Å². The van der Waals surface area contributed by atoms with Crippen LogP contribution >= 0.6 is 23.4 Å². The number of nitrogens with one attached hydrogen (secondary N) is 2.